The van der Waals surface area contributed by atoms with Crippen LogP contribution in [0.5, 0.6) is 0 Å². The predicted molar refractivity (Wildman–Crippen MR) is 158 cm³/mol. The van der Waals surface area contributed by atoms with Crippen molar-refractivity contribution in [2.24, 2.45) is 22.7 Å². The van der Waals surface area contributed by atoms with Gasteiger partial charge in [0.15, 0.2) is 6.10 Å². The van der Waals surface area contributed by atoms with E-state index < -0.39 is 94.6 Å². The summed E-state index contributed by atoms with van der Waals surface area (Å²) in [6.07, 6.45) is -0.0391. The summed E-state index contributed by atoms with van der Waals surface area (Å²) in [5, 5.41) is 11.9. The van der Waals surface area contributed by atoms with Crippen molar-refractivity contribution in [1.29, 1.82) is 0 Å². The van der Waals surface area contributed by atoms with Crippen LogP contribution in [0.1, 0.15) is 68.2 Å². The largest absolute Gasteiger partial charge is 0.472 e. The highest BCUT2D eigenvalue weighted by atomic mass is 16.7. The number of rotatable bonds is 9. The fourth-order valence-electron chi connectivity index (χ4n) is 8.27. The van der Waals surface area contributed by atoms with Crippen LogP contribution in [0.2, 0.25) is 0 Å². The van der Waals surface area contributed by atoms with E-state index in [-0.39, 0.29) is 25.6 Å². The minimum atomic E-state index is -2.11. The Hall–Kier alpha value is -3.49. The van der Waals surface area contributed by atoms with Crippen LogP contribution in [-0.2, 0) is 61.9 Å². The van der Waals surface area contributed by atoms with Crippen LogP contribution in [0.25, 0.3) is 0 Å². The van der Waals surface area contributed by atoms with Gasteiger partial charge in [0.05, 0.1) is 30.5 Å². The molecule has 5 rings (SSSR count). The van der Waals surface area contributed by atoms with Crippen molar-refractivity contribution in [2.45, 2.75) is 116 Å². The van der Waals surface area contributed by atoms with E-state index in [0.29, 0.717) is 6.42 Å². The molecule has 0 aromatic heterocycles. The van der Waals surface area contributed by atoms with Crippen molar-refractivity contribution in [2.75, 3.05) is 13.2 Å². The van der Waals surface area contributed by atoms with Gasteiger partial charge < -0.3 is 43.0 Å². The summed E-state index contributed by atoms with van der Waals surface area (Å²) < 4.78 is 46.6. The van der Waals surface area contributed by atoms with Crippen LogP contribution < -0.4 is 0 Å². The van der Waals surface area contributed by atoms with Gasteiger partial charge in [-0.3, -0.25) is 19.2 Å². The number of fused-ring (bicyclic) bond motifs is 3. The lowest BCUT2D eigenvalue weighted by Gasteiger charge is -2.62. The van der Waals surface area contributed by atoms with E-state index in [0.717, 1.165) is 19.4 Å². The number of esters is 5. The molecule has 1 N–H and O–H groups in total. The Balaban J connectivity index is 1.62. The summed E-state index contributed by atoms with van der Waals surface area (Å²) in [5.41, 5.74) is -5.03. The summed E-state index contributed by atoms with van der Waals surface area (Å²) in [7, 11) is 0. The molecule has 2 saturated heterocycles. The van der Waals surface area contributed by atoms with Crippen molar-refractivity contribution >= 4 is 29.8 Å². The molecule has 0 aromatic rings. The number of ether oxygens (including phenoxy) is 8. The molecule has 2 aliphatic carbocycles. The lowest BCUT2D eigenvalue weighted by Crippen LogP contribution is -2.73. The van der Waals surface area contributed by atoms with Crippen molar-refractivity contribution in [3.8, 4) is 0 Å². The average Bonchev–Trinajstić information content (AvgIpc) is 3.44. The predicted octanol–water partition coefficient (Wildman–Crippen LogP) is 2.04. The molecular formula is C33H44O14. The Bertz CT molecular complexity index is 1380. The Labute approximate surface area is 273 Å². The second-order valence-corrected chi connectivity index (χ2v) is 13.7. The number of carbonyl (C=O) groups excluding carboxylic acids is 5. The van der Waals surface area contributed by atoms with Gasteiger partial charge in [0.25, 0.3) is 0 Å². The molecule has 0 bridgehead atoms. The van der Waals surface area contributed by atoms with E-state index in [1.54, 1.807) is 12.3 Å². The Morgan fingerprint density at radius 3 is 2.28 bits per heavy atom. The molecule has 1 saturated carbocycles. The first-order valence-corrected chi connectivity index (χ1v) is 15.8. The molecular weight excluding hydrogens is 620 g/mol. The summed E-state index contributed by atoms with van der Waals surface area (Å²) in [6.45, 7) is 10.9. The third-order valence-electron chi connectivity index (χ3n) is 10.9. The third-order valence-corrected chi connectivity index (χ3v) is 10.9. The number of aliphatic hydroxyl groups excluding tert-OH is 1. The fraction of sp³-hybridized carbons (Fsp3) is 0.727. The van der Waals surface area contributed by atoms with Gasteiger partial charge in [0, 0.05) is 39.0 Å². The quantitative estimate of drug-likeness (QED) is 0.164. The maximum absolute atomic E-state index is 14.0. The number of epoxide rings is 1. The highest BCUT2D eigenvalue weighted by Gasteiger charge is 2.81. The molecule has 47 heavy (non-hydrogen) atoms. The van der Waals surface area contributed by atoms with Crippen LogP contribution in [0.15, 0.2) is 24.0 Å². The van der Waals surface area contributed by atoms with Crippen LogP contribution in [-0.4, -0.2) is 96.2 Å². The Kier molecular flexibility index (Phi) is 9.04. The smallest absolute Gasteiger partial charge is 0.354 e. The molecule has 0 amide bonds. The Morgan fingerprint density at radius 1 is 1.04 bits per heavy atom. The molecule has 1 spiro atoms. The van der Waals surface area contributed by atoms with E-state index in [1.165, 1.54) is 27.7 Å². The molecule has 3 aliphatic heterocycles. The van der Waals surface area contributed by atoms with E-state index in [4.69, 9.17) is 37.9 Å². The highest BCUT2D eigenvalue weighted by Crippen LogP contribution is 2.69. The molecule has 2 unspecified atom stereocenters. The van der Waals surface area contributed by atoms with Crippen molar-refractivity contribution < 1.29 is 67.0 Å². The maximum atomic E-state index is 14.0. The zero-order chi connectivity index (χ0) is 34.7. The molecule has 14 heteroatoms. The highest BCUT2D eigenvalue weighted by molar-refractivity contribution is 5.84. The first-order valence-electron chi connectivity index (χ1n) is 15.8. The van der Waals surface area contributed by atoms with E-state index in [2.05, 4.69) is 0 Å². The maximum Gasteiger partial charge on any atom is 0.354 e. The molecule has 12 atom stereocenters. The van der Waals surface area contributed by atoms with Crippen molar-refractivity contribution in [3.05, 3.63) is 24.0 Å². The molecule has 14 nitrogen and oxygen atoms in total. The minimum absolute atomic E-state index is 0.00482. The van der Waals surface area contributed by atoms with Gasteiger partial charge in [-0.05, 0) is 51.7 Å². The van der Waals surface area contributed by atoms with E-state index in [1.807, 2.05) is 19.9 Å². The van der Waals surface area contributed by atoms with E-state index in [9.17, 15) is 29.1 Å². The van der Waals surface area contributed by atoms with Gasteiger partial charge in [-0.1, -0.05) is 12.5 Å². The number of hydrogen-bond acceptors (Lipinski definition) is 14. The summed E-state index contributed by atoms with van der Waals surface area (Å²) in [5.74, 6) is -4.48. The van der Waals surface area contributed by atoms with Crippen LogP contribution >= 0.6 is 0 Å². The third kappa shape index (κ3) is 5.61. The van der Waals surface area contributed by atoms with Gasteiger partial charge in [-0.15, -0.1) is 0 Å². The number of carbonyl (C=O) groups is 5. The monoisotopic (exact) mass is 664 g/mol. The summed E-state index contributed by atoms with van der Waals surface area (Å²) >= 11 is 0. The SMILES string of the molecule is CC(=O)OC[C@@]12[C@@H](OC(C)=O)C=C(C)[C@](C)([C@@H]3C[C@H]4C=CO[C@H]4O3)[C@H]1C[C@@H](O)[C@H](OC(=O)C(C)(OC(C)=O)C(C)OC(C)=O)[C@]21CO1. The van der Waals surface area contributed by atoms with Crippen LogP contribution in [0.3, 0.4) is 0 Å². The number of hydrogen-bond donors (Lipinski definition) is 1. The Morgan fingerprint density at radius 2 is 1.72 bits per heavy atom. The zero-order valence-corrected chi connectivity index (χ0v) is 27.9. The molecule has 260 valence electrons. The van der Waals surface area contributed by atoms with Crippen molar-refractivity contribution in [1.82, 2.24) is 0 Å². The second kappa shape index (κ2) is 12.2. The second-order valence-electron chi connectivity index (χ2n) is 13.7. The van der Waals surface area contributed by atoms with Gasteiger partial charge in [-0.25, -0.2) is 4.79 Å². The summed E-state index contributed by atoms with van der Waals surface area (Å²) in [4.78, 5) is 62.9. The van der Waals surface area contributed by atoms with Gasteiger partial charge in [0.2, 0.25) is 11.9 Å². The van der Waals surface area contributed by atoms with Gasteiger partial charge in [0.1, 0.15) is 24.4 Å². The molecule has 3 fully saturated rings. The normalized spacial score (nSPS) is 40.0. The van der Waals surface area contributed by atoms with E-state index >= 15 is 0 Å². The molecule has 0 radical (unpaired) electrons. The fourth-order valence-corrected chi connectivity index (χ4v) is 8.27. The standard InChI is InChI=1S/C33H44O14/c1-16-11-26(44-20(5)36)32(14-41-18(3)34)24(30(16,7)25-12-22-9-10-40-28(22)45-25)13-23(38)27(33(32)15-42-33)46-29(39)31(8,47-21(6)37)17(2)43-19(4)35/h9-11,17,22-28,38H,12-15H2,1-8H3/t17?,22-,23-,24-,25+,26+,27+,28+,30+,31?,32+,33-/m1/s1. The van der Waals surface area contributed by atoms with Crippen LogP contribution in [0, 0.1) is 22.7 Å². The molecule has 0 aromatic carbocycles. The first kappa shape index (κ1) is 34.8. The average molecular weight is 665 g/mol. The zero-order valence-electron chi connectivity index (χ0n) is 27.9. The van der Waals surface area contributed by atoms with Crippen molar-refractivity contribution in [3.63, 3.8) is 0 Å². The topological polar surface area (TPSA) is 183 Å². The van der Waals surface area contributed by atoms with Crippen LogP contribution in [0.4, 0.5) is 0 Å². The first-order chi connectivity index (χ1) is 21.9. The molecule has 3 heterocycles. The minimum Gasteiger partial charge on any atom is -0.472 e. The van der Waals surface area contributed by atoms with Gasteiger partial charge >= 0.3 is 29.8 Å². The number of aliphatic hydroxyl groups is 1. The lowest BCUT2D eigenvalue weighted by atomic mass is 9.44. The van der Waals surface area contributed by atoms with Gasteiger partial charge in [-0.2, -0.15) is 0 Å². The lowest BCUT2D eigenvalue weighted by molar-refractivity contribution is -0.254. The molecule has 5 aliphatic rings. The summed E-state index contributed by atoms with van der Waals surface area (Å²) in [6, 6.07) is 0.